The van der Waals surface area contributed by atoms with E-state index in [2.05, 4.69) is 14.8 Å². The van der Waals surface area contributed by atoms with Crippen LogP contribution in [0.2, 0.25) is 5.15 Å². The molecule has 2 heterocycles. The van der Waals surface area contributed by atoms with Gasteiger partial charge in [0.25, 0.3) is 0 Å². The highest BCUT2D eigenvalue weighted by molar-refractivity contribution is 7.16. The van der Waals surface area contributed by atoms with Crippen molar-refractivity contribution in [1.29, 1.82) is 0 Å². The van der Waals surface area contributed by atoms with Crippen LogP contribution in [-0.2, 0) is 10.9 Å². The highest BCUT2D eigenvalue weighted by Gasteiger charge is 2.32. The molecule has 0 N–H and O–H groups in total. The zero-order valence-electron chi connectivity index (χ0n) is 9.23. The average Bonchev–Trinajstić information content (AvgIpc) is 2.93. The van der Waals surface area contributed by atoms with E-state index in [4.69, 9.17) is 11.6 Å². The summed E-state index contributed by atoms with van der Waals surface area (Å²) in [5, 5.41) is 3.43. The van der Waals surface area contributed by atoms with Crippen molar-refractivity contribution < 1.29 is 22.7 Å². The summed E-state index contributed by atoms with van der Waals surface area (Å²) in [5.41, 5.74) is -0.918. The molecule has 0 aliphatic rings. The summed E-state index contributed by atoms with van der Waals surface area (Å²) in [5.74, 6) is -0.711. The summed E-state index contributed by atoms with van der Waals surface area (Å²) in [6.45, 7) is 0. The van der Waals surface area contributed by atoms with E-state index >= 15 is 0 Å². The molecule has 0 fully saturated rings. The Balaban J connectivity index is 2.38. The molecule has 19 heavy (non-hydrogen) atoms. The van der Waals surface area contributed by atoms with Gasteiger partial charge in [0.2, 0.25) is 5.13 Å². The van der Waals surface area contributed by atoms with Gasteiger partial charge in [-0.15, -0.1) is 0 Å². The largest absolute Gasteiger partial charge is 0.465 e. The number of aromatic nitrogens is 3. The van der Waals surface area contributed by atoms with Crippen LogP contribution in [0.3, 0.4) is 0 Å². The highest BCUT2D eigenvalue weighted by Crippen LogP contribution is 2.31. The number of ether oxygens (including phenoxy) is 1. The molecule has 2 aromatic rings. The Morgan fingerprint density at radius 2 is 2.21 bits per heavy atom. The van der Waals surface area contributed by atoms with Crippen LogP contribution in [0.5, 0.6) is 0 Å². The van der Waals surface area contributed by atoms with Gasteiger partial charge in [0.05, 0.1) is 18.9 Å². The second kappa shape index (κ2) is 4.82. The first-order valence-corrected chi connectivity index (χ1v) is 5.89. The predicted molar refractivity (Wildman–Crippen MR) is 60.6 cm³/mol. The molecule has 10 heteroatoms. The minimum atomic E-state index is -4.50. The quantitative estimate of drug-likeness (QED) is 0.800. The number of carbonyl (C=O) groups excluding carboxylic acids is 1. The molecule has 0 radical (unpaired) electrons. The molecule has 0 aliphatic carbocycles. The Morgan fingerprint density at radius 1 is 1.53 bits per heavy atom. The highest BCUT2D eigenvalue weighted by atomic mass is 35.5. The van der Waals surface area contributed by atoms with Gasteiger partial charge in [-0.2, -0.15) is 18.3 Å². The molecule has 0 aromatic carbocycles. The maximum atomic E-state index is 12.4. The number of thiazole rings is 1. The maximum Gasteiger partial charge on any atom is 0.419 e. The molecule has 2 aromatic heterocycles. The van der Waals surface area contributed by atoms with Gasteiger partial charge in [-0.1, -0.05) is 22.9 Å². The Bertz CT molecular complexity index is 622. The lowest BCUT2D eigenvalue weighted by Crippen LogP contribution is -2.02. The number of hydrogen-bond donors (Lipinski definition) is 0. The second-order valence-electron chi connectivity index (χ2n) is 3.28. The number of halogens is 4. The van der Waals surface area contributed by atoms with Crippen molar-refractivity contribution >= 4 is 28.9 Å². The Kier molecular flexibility index (Phi) is 3.50. The maximum absolute atomic E-state index is 12.4. The van der Waals surface area contributed by atoms with Crippen molar-refractivity contribution in [2.24, 2.45) is 0 Å². The molecule has 2 rings (SSSR count). The number of rotatable bonds is 2. The van der Waals surface area contributed by atoms with Gasteiger partial charge >= 0.3 is 12.1 Å². The minimum Gasteiger partial charge on any atom is -0.465 e. The topological polar surface area (TPSA) is 57.0 Å². The molecule has 0 saturated carbocycles. The van der Waals surface area contributed by atoms with Gasteiger partial charge in [0.1, 0.15) is 0 Å². The standard InChI is InChI=1S/C9H5ClF3N3O2S/c1-18-7(17)5-6(10)15-8(19-5)16-3-4(2-14-16)9(11,12)13/h2-3H,1H3. The lowest BCUT2D eigenvalue weighted by atomic mass is 10.4. The predicted octanol–water partition coefficient (Wildman–Crippen LogP) is 2.79. The van der Waals surface area contributed by atoms with Gasteiger partial charge in [-0.05, 0) is 0 Å². The zero-order chi connectivity index (χ0) is 14.2. The normalized spacial score (nSPS) is 11.6. The lowest BCUT2D eigenvalue weighted by Gasteiger charge is -2.00. The fourth-order valence-corrected chi connectivity index (χ4v) is 2.31. The molecule has 102 valence electrons. The summed E-state index contributed by atoms with van der Waals surface area (Å²) in [4.78, 5) is 15.1. The van der Waals surface area contributed by atoms with Crippen LogP contribution in [0.15, 0.2) is 12.4 Å². The van der Waals surface area contributed by atoms with Gasteiger partial charge in [0.15, 0.2) is 10.0 Å². The van der Waals surface area contributed by atoms with E-state index in [1.807, 2.05) is 0 Å². The SMILES string of the molecule is COC(=O)c1sc(-n2cc(C(F)(F)F)cn2)nc1Cl. The summed E-state index contributed by atoms with van der Waals surface area (Å²) >= 11 is 6.49. The Hall–Kier alpha value is -1.61. The molecule has 0 amide bonds. The van der Waals surface area contributed by atoms with E-state index in [-0.39, 0.29) is 15.2 Å². The van der Waals surface area contributed by atoms with E-state index in [9.17, 15) is 18.0 Å². The number of esters is 1. The van der Waals surface area contributed by atoms with E-state index in [1.165, 1.54) is 0 Å². The van der Waals surface area contributed by atoms with Crippen LogP contribution in [-0.4, -0.2) is 27.8 Å². The van der Waals surface area contributed by atoms with Crippen LogP contribution >= 0.6 is 22.9 Å². The van der Waals surface area contributed by atoms with Crippen LogP contribution < -0.4 is 0 Å². The molecule has 0 aliphatic heterocycles. The van der Waals surface area contributed by atoms with E-state index < -0.39 is 17.7 Å². The third kappa shape index (κ3) is 2.71. The van der Waals surface area contributed by atoms with Gasteiger partial charge in [-0.3, -0.25) is 0 Å². The van der Waals surface area contributed by atoms with Crippen molar-refractivity contribution in [1.82, 2.24) is 14.8 Å². The second-order valence-corrected chi connectivity index (χ2v) is 4.61. The minimum absolute atomic E-state index is 0.00299. The smallest absolute Gasteiger partial charge is 0.419 e. The van der Waals surface area contributed by atoms with Crippen molar-refractivity contribution in [3.05, 3.63) is 28.0 Å². The number of hydrogen-bond acceptors (Lipinski definition) is 5. The number of methoxy groups -OCH3 is 1. The molecule has 0 saturated heterocycles. The van der Waals surface area contributed by atoms with Crippen molar-refractivity contribution in [3.63, 3.8) is 0 Å². The molecule has 0 atom stereocenters. The third-order valence-corrected chi connectivity index (χ3v) is 3.46. The van der Waals surface area contributed by atoms with Crippen molar-refractivity contribution in [2.75, 3.05) is 7.11 Å². The average molecular weight is 312 g/mol. The van der Waals surface area contributed by atoms with Crippen LogP contribution in [0, 0.1) is 0 Å². The molecular weight excluding hydrogens is 307 g/mol. The molecule has 5 nitrogen and oxygen atoms in total. The fraction of sp³-hybridized carbons (Fsp3) is 0.222. The summed E-state index contributed by atoms with van der Waals surface area (Å²) in [6.07, 6.45) is -3.08. The monoisotopic (exact) mass is 311 g/mol. The molecular formula is C9H5ClF3N3O2S. The fourth-order valence-electron chi connectivity index (χ4n) is 1.18. The van der Waals surface area contributed by atoms with E-state index in [0.717, 1.165) is 29.3 Å². The first-order valence-electron chi connectivity index (χ1n) is 4.70. The Morgan fingerprint density at radius 3 is 2.74 bits per heavy atom. The lowest BCUT2D eigenvalue weighted by molar-refractivity contribution is -0.137. The van der Waals surface area contributed by atoms with Gasteiger partial charge in [-0.25, -0.2) is 14.5 Å². The molecule has 0 spiro atoms. The summed E-state index contributed by atoms with van der Waals surface area (Å²) < 4.78 is 42.6. The summed E-state index contributed by atoms with van der Waals surface area (Å²) in [6, 6.07) is 0. The van der Waals surface area contributed by atoms with Crippen LogP contribution in [0.25, 0.3) is 5.13 Å². The van der Waals surface area contributed by atoms with Crippen LogP contribution in [0.4, 0.5) is 13.2 Å². The number of carbonyl (C=O) groups is 1. The Labute approximate surface area is 113 Å². The summed E-state index contributed by atoms with van der Waals surface area (Å²) in [7, 11) is 1.16. The molecule has 0 bridgehead atoms. The van der Waals surface area contributed by atoms with Gasteiger partial charge < -0.3 is 4.74 Å². The van der Waals surface area contributed by atoms with E-state index in [1.54, 1.807) is 0 Å². The van der Waals surface area contributed by atoms with Crippen LogP contribution in [0.1, 0.15) is 15.2 Å². The zero-order valence-corrected chi connectivity index (χ0v) is 10.8. The van der Waals surface area contributed by atoms with Gasteiger partial charge in [0, 0.05) is 6.20 Å². The van der Waals surface area contributed by atoms with E-state index in [0.29, 0.717) is 6.20 Å². The number of alkyl halides is 3. The van der Waals surface area contributed by atoms with Crippen molar-refractivity contribution in [3.8, 4) is 5.13 Å². The van der Waals surface area contributed by atoms with Crippen molar-refractivity contribution in [2.45, 2.75) is 6.18 Å². The first-order chi connectivity index (χ1) is 8.82. The third-order valence-electron chi connectivity index (χ3n) is 2.05. The molecule has 0 unspecified atom stereocenters. The number of nitrogens with zero attached hydrogens (tertiary/aromatic N) is 3. The first kappa shape index (κ1) is 13.8.